The smallest absolute Gasteiger partial charge is 0.242 e. The molecule has 0 aliphatic carbocycles. The number of nitrogens with zero attached hydrogens (tertiary/aromatic N) is 6. The predicted octanol–water partition coefficient (Wildman–Crippen LogP) is 1.63. The van der Waals surface area contributed by atoms with E-state index in [0.29, 0.717) is 6.54 Å². The molecule has 1 N–H and O–H groups in total. The average molecular weight is 559 g/mol. The number of piperazine rings is 1. The molecule has 0 bridgehead atoms. The summed E-state index contributed by atoms with van der Waals surface area (Å²) in [6.45, 7) is 6.60. The summed E-state index contributed by atoms with van der Waals surface area (Å²) in [5.74, 6) is 1.61. The van der Waals surface area contributed by atoms with E-state index in [1.165, 1.54) is 18.4 Å². The third-order valence-electron chi connectivity index (χ3n) is 4.86. The number of aliphatic imine (C=N–C) groups is 1. The van der Waals surface area contributed by atoms with Gasteiger partial charge in [0.2, 0.25) is 16.0 Å². The zero-order chi connectivity index (χ0) is 21.6. The summed E-state index contributed by atoms with van der Waals surface area (Å²) in [5.41, 5.74) is 0.958. The lowest BCUT2D eigenvalue weighted by atomic mass is 10.2. The van der Waals surface area contributed by atoms with Crippen LogP contribution in [0.4, 0.5) is 5.95 Å². The van der Waals surface area contributed by atoms with E-state index in [0.717, 1.165) is 50.2 Å². The summed E-state index contributed by atoms with van der Waals surface area (Å²) in [6, 6.07) is 8.71. The molecule has 9 nitrogen and oxygen atoms in total. The number of sulfonamides is 1. The molecule has 0 radical (unpaired) electrons. The third-order valence-corrected chi connectivity index (χ3v) is 6.69. The van der Waals surface area contributed by atoms with E-state index >= 15 is 0 Å². The maximum Gasteiger partial charge on any atom is 0.242 e. The molecule has 0 amide bonds. The number of aromatic nitrogens is 2. The largest absolute Gasteiger partial charge is 0.357 e. The van der Waals surface area contributed by atoms with Crippen molar-refractivity contribution in [1.82, 2.24) is 24.5 Å². The molecule has 1 fully saturated rings. The van der Waals surface area contributed by atoms with Crippen LogP contribution in [0.15, 0.2) is 52.6 Å². The van der Waals surface area contributed by atoms with E-state index in [2.05, 4.69) is 25.1 Å². The standard InChI is InChI=1S/C20H29N7O2S.HI/c1-4-21-19(26-12-14-27(15-13-26)20-22-10-5-11-23-20)24-16-17-6-8-18(9-7-17)30(28,29)25(2)3;/h5-11H,4,12-16H2,1-3H3,(H,21,24);1H. The normalized spacial score (nSPS) is 15.0. The van der Waals surface area contributed by atoms with E-state index in [1.54, 1.807) is 24.5 Å². The fraction of sp³-hybridized carbons (Fsp3) is 0.450. The second kappa shape index (κ2) is 11.6. The van der Waals surface area contributed by atoms with Gasteiger partial charge in [0.25, 0.3) is 0 Å². The zero-order valence-electron chi connectivity index (χ0n) is 18.1. The Bertz CT molecular complexity index is 945. The van der Waals surface area contributed by atoms with Crippen LogP contribution in [0, 0.1) is 0 Å². The molecular weight excluding hydrogens is 529 g/mol. The molecule has 31 heavy (non-hydrogen) atoms. The van der Waals surface area contributed by atoms with Gasteiger partial charge in [0.05, 0.1) is 11.4 Å². The van der Waals surface area contributed by atoms with Gasteiger partial charge in [-0.1, -0.05) is 12.1 Å². The Morgan fingerprint density at radius 3 is 2.26 bits per heavy atom. The fourth-order valence-corrected chi connectivity index (χ4v) is 4.04. The first-order valence-corrected chi connectivity index (χ1v) is 11.4. The van der Waals surface area contributed by atoms with Gasteiger partial charge in [-0.05, 0) is 30.7 Å². The topological polar surface area (TPSA) is 94.0 Å². The summed E-state index contributed by atoms with van der Waals surface area (Å²) < 4.78 is 25.6. The molecule has 1 aromatic heterocycles. The van der Waals surface area contributed by atoms with Crippen LogP contribution in [0.2, 0.25) is 0 Å². The molecule has 1 aliphatic heterocycles. The number of rotatable bonds is 6. The van der Waals surface area contributed by atoms with Gasteiger partial charge < -0.3 is 15.1 Å². The Kier molecular flexibility index (Phi) is 9.44. The highest BCUT2D eigenvalue weighted by Gasteiger charge is 2.21. The molecule has 2 heterocycles. The Morgan fingerprint density at radius 1 is 1.10 bits per heavy atom. The lowest BCUT2D eigenvalue weighted by Gasteiger charge is -2.36. The summed E-state index contributed by atoms with van der Waals surface area (Å²) in [4.78, 5) is 18.1. The van der Waals surface area contributed by atoms with Gasteiger partial charge in [-0.3, -0.25) is 0 Å². The first-order valence-electron chi connectivity index (χ1n) is 9.98. The van der Waals surface area contributed by atoms with Gasteiger partial charge in [-0.25, -0.2) is 27.7 Å². The summed E-state index contributed by atoms with van der Waals surface area (Å²) in [7, 11) is -0.361. The second-order valence-electron chi connectivity index (χ2n) is 7.12. The molecule has 0 spiro atoms. The van der Waals surface area contributed by atoms with Crippen molar-refractivity contribution in [2.24, 2.45) is 4.99 Å². The van der Waals surface area contributed by atoms with Crippen molar-refractivity contribution in [1.29, 1.82) is 0 Å². The fourth-order valence-electron chi connectivity index (χ4n) is 3.14. The predicted molar refractivity (Wildman–Crippen MR) is 133 cm³/mol. The summed E-state index contributed by atoms with van der Waals surface area (Å²) in [5, 5.41) is 3.35. The van der Waals surface area contributed by atoms with E-state index in [-0.39, 0.29) is 28.9 Å². The van der Waals surface area contributed by atoms with Gasteiger partial charge in [0, 0.05) is 59.2 Å². The molecule has 1 aromatic carbocycles. The molecule has 1 aliphatic rings. The van der Waals surface area contributed by atoms with Crippen LogP contribution in [0.3, 0.4) is 0 Å². The number of nitrogens with one attached hydrogen (secondary N) is 1. The quantitative estimate of drug-likeness (QED) is 0.327. The molecule has 0 saturated carbocycles. The maximum absolute atomic E-state index is 12.2. The third kappa shape index (κ3) is 6.50. The highest BCUT2D eigenvalue weighted by molar-refractivity contribution is 14.0. The number of hydrogen-bond donors (Lipinski definition) is 1. The van der Waals surface area contributed by atoms with E-state index in [9.17, 15) is 8.42 Å². The highest BCUT2D eigenvalue weighted by Crippen LogP contribution is 2.15. The van der Waals surface area contributed by atoms with Gasteiger partial charge in [0.1, 0.15) is 0 Å². The van der Waals surface area contributed by atoms with Crippen molar-refractivity contribution in [3.63, 3.8) is 0 Å². The van der Waals surface area contributed by atoms with E-state index in [4.69, 9.17) is 4.99 Å². The van der Waals surface area contributed by atoms with Crippen LogP contribution < -0.4 is 10.2 Å². The summed E-state index contributed by atoms with van der Waals surface area (Å²) in [6.07, 6.45) is 3.52. The lowest BCUT2D eigenvalue weighted by molar-refractivity contribution is 0.370. The number of benzene rings is 1. The number of anilines is 1. The SMILES string of the molecule is CCNC(=NCc1ccc(S(=O)(=O)N(C)C)cc1)N1CCN(c2ncccn2)CC1.I. The first-order chi connectivity index (χ1) is 14.4. The van der Waals surface area contributed by atoms with Crippen LogP contribution in [0.25, 0.3) is 0 Å². The minimum atomic E-state index is -3.42. The minimum absolute atomic E-state index is 0. The molecule has 2 aromatic rings. The van der Waals surface area contributed by atoms with Crippen molar-refractivity contribution in [2.75, 3.05) is 51.7 Å². The van der Waals surface area contributed by atoms with Crippen LogP contribution >= 0.6 is 24.0 Å². The van der Waals surface area contributed by atoms with Gasteiger partial charge in [0.15, 0.2) is 5.96 Å². The molecule has 170 valence electrons. The van der Waals surface area contributed by atoms with Crippen LogP contribution in [0.5, 0.6) is 0 Å². The highest BCUT2D eigenvalue weighted by atomic mass is 127. The molecule has 0 atom stereocenters. The average Bonchev–Trinajstić information content (AvgIpc) is 2.77. The Hall–Kier alpha value is -1.99. The van der Waals surface area contributed by atoms with Crippen molar-refractivity contribution in [3.05, 3.63) is 48.3 Å². The van der Waals surface area contributed by atoms with Gasteiger partial charge in [-0.15, -0.1) is 24.0 Å². The van der Waals surface area contributed by atoms with Crippen LogP contribution in [-0.4, -0.2) is 80.4 Å². The molecular formula is C20H30IN7O2S. The number of hydrogen-bond acceptors (Lipinski definition) is 6. The van der Waals surface area contributed by atoms with Crippen molar-refractivity contribution in [3.8, 4) is 0 Å². The van der Waals surface area contributed by atoms with E-state index in [1.807, 2.05) is 25.1 Å². The van der Waals surface area contributed by atoms with Gasteiger partial charge >= 0.3 is 0 Å². The Morgan fingerprint density at radius 2 is 1.71 bits per heavy atom. The summed E-state index contributed by atoms with van der Waals surface area (Å²) >= 11 is 0. The van der Waals surface area contributed by atoms with Gasteiger partial charge in [-0.2, -0.15) is 0 Å². The lowest BCUT2D eigenvalue weighted by Crippen LogP contribution is -2.52. The molecule has 0 unspecified atom stereocenters. The van der Waals surface area contributed by atoms with Crippen molar-refractivity contribution < 1.29 is 8.42 Å². The Balaban J connectivity index is 0.00000341. The molecule has 3 rings (SSSR count). The first kappa shape index (κ1) is 25.3. The monoisotopic (exact) mass is 559 g/mol. The maximum atomic E-state index is 12.2. The molecule has 1 saturated heterocycles. The second-order valence-corrected chi connectivity index (χ2v) is 9.28. The van der Waals surface area contributed by atoms with Crippen molar-refractivity contribution >= 4 is 45.9 Å². The van der Waals surface area contributed by atoms with E-state index < -0.39 is 10.0 Å². The number of guanidine groups is 1. The van der Waals surface area contributed by atoms with Crippen LogP contribution in [-0.2, 0) is 16.6 Å². The van der Waals surface area contributed by atoms with Crippen LogP contribution in [0.1, 0.15) is 12.5 Å². The Labute approximate surface area is 201 Å². The molecule has 11 heteroatoms. The number of halogens is 1. The minimum Gasteiger partial charge on any atom is -0.357 e. The van der Waals surface area contributed by atoms with Crippen molar-refractivity contribution in [2.45, 2.75) is 18.4 Å². The zero-order valence-corrected chi connectivity index (χ0v) is 21.2.